The molecule has 1 aliphatic carbocycles. The summed E-state index contributed by atoms with van der Waals surface area (Å²) in [7, 11) is 1.25. The second-order valence-electron chi connectivity index (χ2n) is 9.96. The van der Waals surface area contributed by atoms with Crippen molar-refractivity contribution in [3.8, 4) is 0 Å². The first-order valence-electron chi connectivity index (χ1n) is 12.1. The van der Waals surface area contributed by atoms with Crippen molar-refractivity contribution in [2.24, 2.45) is 0 Å². The number of carbonyl (C=O) groups is 4. The van der Waals surface area contributed by atoms with Crippen molar-refractivity contribution >= 4 is 35.6 Å². The van der Waals surface area contributed by atoms with Crippen LogP contribution in [0.5, 0.6) is 0 Å². The first kappa shape index (κ1) is 29.5. The summed E-state index contributed by atoms with van der Waals surface area (Å²) in [4.78, 5) is 53.5. The van der Waals surface area contributed by atoms with Gasteiger partial charge in [0.15, 0.2) is 0 Å². The van der Waals surface area contributed by atoms with Gasteiger partial charge in [-0.15, -0.1) is 0 Å². The van der Waals surface area contributed by atoms with Crippen molar-refractivity contribution in [1.82, 2.24) is 15.5 Å². The van der Waals surface area contributed by atoms with Crippen LogP contribution in [-0.4, -0.2) is 72.1 Å². The zero-order valence-electron chi connectivity index (χ0n) is 22.3. The van der Waals surface area contributed by atoms with Crippen LogP contribution in [0.1, 0.15) is 62.8 Å². The SMILES string of the molecule is COC(=O)CNC(=O)C(c1c(C)cccc1C)N(C(=O)C(CCSC)NC(=O)OC(C)(C)C)C1CC1. The van der Waals surface area contributed by atoms with Crippen molar-refractivity contribution in [2.75, 3.05) is 25.7 Å². The number of esters is 1. The molecule has 2 atom stereocenters. The molecule has 1 aromatic rings. The highest BCUT2D eigenvalue weighted by Crippen LogP contribution is 2.38. The predicted octanol–water partition coefficient (Wildman–Crippen LogP) is 3.27. The fourth-order valence-corrected chi connectivity index (χ4v) is 4.45. The van der Waals surface area contributed by atoms with E-state index in [4.69, 9.17) is 4.74 Å². The number of nitrogens with one attached hydrogen (secondary N) is 2. The third-order valence-corrected chi connectivity index (χ3v) is 6.42. The smallest absolute Gasteiger partial charge is 0.408 e. The lowest BCUT2D eigenvalue weighted by molar-refractivity contribution is -0.145. The minimum absolute atomic E-state index is 0.150. The Morgan fingerprint density at radius 1 is 1.14 bits per heavy atom. The molecule has 0 bridgehead atoms. The van der Waals surface area contributed by atoms with E-state index in [0.717, 1.165) is 24.0 Å². The van der Waals surface area contributed by atoms with Crippen LogP contribution in [0.25, 0.3) is 0 Å². The Labute approximate surface area is 218 Å². The number of methoxy groups -OCH3 is 1. The Morgan fingerprint density at radius 3 is 2.25 bits per heavy atom. The van der Waals surface area contributed by atoms with E-state index in [1.54, 1.807) is 37.4 Å². The summed E-state index contributed by atoms with van der Waals surface area (Å²) in [6, 6.07) is 3.70. The van der Waals surface area contributed by atoms with Gasteiger partial charge in [-0.2, -0.15) is 11.8 Å². The minimum Gasteiger partial charge on any atom is -0.468 e. The van der Waals surface area contributed by atoms with E-state index in [9.17, 15) is 19.2 Å². The second-order valence-corrected chi connectivity index (χ2v) is 10.9. The van der Waals surface area contributed by atoms with Crippen molar-refractivity contribution in [3.05, 3.63) is 34.9 Å². The molecule has 2 N–H and O–H groups in total. The van der Waals surface area contributed by atoms with E-state index in [2.05, 4.69) is 15.4 Å². The van der Waals surface area contributed by atoms with E-state index in [-0.39, 0.29) is 18.5 Å². The van der Waals surface area contributed by atoms with Crippen LogP contribution in [-0.2, 0) is 23.9 Å². The van der Waals surface area contributed by atoms with Gasteiger partial charge < -0.3 is 25.0 Å². The fraction of sp³-hybridized carbons (Fsp3) is 0.615. The van der Waals surface area contributed by atoms with E-state index < -0.39 is 35.7 Å². The summed E-state index contributed by atoms with van der Waals surface area (Å²) in [5.41, 5.74) is 1.70. The molecule has 3 amide bonds. The maximum absolute atomic E-state index is 14.0. The molecular weight excluding hydrogens is 482 g/mol. The van der Waals surface area contributed by atoms with E-state index in [1.165, 1.54) is 7.11 Å². The van der Waals surface area contributed by atoms with Crippen molar-refractivity contribution in [2.45, 2.75) is 77.6 Å². The highest BCUT2D eigenvalue weighted by Gasteiger charge is 2.44. The number of thioether (sulfide) groups is 1. The molecule has 200 valence electrons. The van der Waals surface area contributed by atoms with Crippen LogP contribution in [0.15, 0.2) is 18.2 Å². The standard InChI is InChI=1S/C26H39N3O6S/c1-16-9-8-10-17(2)21(16)22(23(31)27-15-20(30)34-6)29(18-11-12-18)24(32)19(13-14-36-7)28-25(33)35-26(3,4)5/h8-10,18-19,22H,11-15H2,1-7H3,(H,27,31)(H,28,33). The molecule has 0 aliphatic heterocycles. The van der Waals surface area contributed by atoms with E-state index in [1.807, 2.05) is 38.3 Å². The van der Waals surface area contributed by atoms with Crippen LogP contribution in [0.3, 0.4) is 0 Å². The molecule has 0 heterocycles. The number of rotatable bonds is 11. The Balaban J connectivity index is 2.48. The van der Waals surface area contributed by atoms with Gasteiger partial charge >= 0.3 is 12.1 Å². The number of amides is 3. The van der Waals surface area contributed by atoms with Gasteiger partial charge in [-0.3, -0.25) is 14.4 Å². The van der Waals surface area contributed by atoms with Crippen molar-refractivity contribution < 1.29 is 28.7 Å². The number of ether oxygens (including phenoxy) is 2. The number of alkyl carbamates (subject to hydrolysis) is 1. The molecule has 10 heteroatoms. The van der Waals surface area contributed by atoms with Crippen molar-refractivity contribution in [3.63, 3.8) is 0 Å². The number of hydrogen-bond donors (Lipinski definition) is 2. The van der Waals surface area contributed by atoms with Crippen LogP contribution in [0, 0.1) is 13.8 Å². The quantitative estimate of drug-likeness (QED) is 0.430. The number of benzene rings is 1. The molecule has 0 saturated heterocycles. The molecule has 0 aromatic heterocycles. The normalized spacial score (nSPS) is 14.9. The summed E-state index contributed by atoms with van der Waals surface area (Å²) in [5.74, 6) is -0.776. The summed E-state index contributed by atoms with van der Waals surface area (Å²) >= 11 is 1.56. The number of aryl methyl sites for hydroxylation is 2. The topological polar surface area (TPSA) is 114 Å². The van der Waals surface area contributed by atoms with Crippen LogP contribution < -0.4 is 10.6 Å². The summed E-state index contributed by atoms with van der Waals surface area (Å²) in [6.07, 6.45) is 3.12. The van der Waals surface area contributed by atoms with Gasteiger partial charge in [-0.05, 0) is 82.6 Å². The molecule has 36 heavy (non-hydrogen) atoms. The van der Waals surface area contributed by atoms with E-state index in [0.29, 0.717) is 17.7 Å². The third kappa shape index (κ3) is 8.43. The third-order valence-electron chi connectivity index (χ3n) is 5.77. The van der Waals surface area contributed by atoms with Gasteiger partial charge in [0.05, 0.1) is 7.11 Å². The summed E-state index contributed by atoms with van der Waals surface area (Å²) in [5, 5.41) is 5.37. The van der Waals surface area contributed by atoms with Gasteiger partial charge in [-0.25, -0.2) is 4.79 Å². The lowest BCUT2D eigenvalue weighted by Crippen LogP contribution is -2.54. The first-order valence-corrected chi connectivity index (χ1v) is 13.5. The van der Waals surface area contributed by atoms with Gasteiger partial charge in [0.2, 0.25) is 11.8 Å². The Hall–Kier alpha value is -2.75. The van der Waals surface area contributed by atoms with Crippen LogP contribution >= 0.6 is 11.8 Å². The lowest BCUT2D eigenvalue weighted by Gasteiger charge is -2.36. The van der Waals surface area contributed by atoms with Gasteiger partial charge in [0.25, 0.3) is 0 Å². The minimum atomic E-state index is -0.965. The zero-order chi connectivity index (χ0) is 27.0. The molecule has 1 fully saturated rings. The molecule has 9 nitrogen and oxygen atoms in total. The Morgan fingerprint density at radius 2 is 1.75 bits per heavy atom. The zero-order valence-corrected chi connectivity index (χ0v) is 23.1. The predicted molar refractivity (Wildman–Crippen MR) is 140 cm³/mol. The molecule has 0 spiro atoms. The maximum Gasteiger partial charge on any atom is 0.408 e. The molecule has 1 aliphatic rings. The van der Waals surface area contributed by atoms with Gasteiger partial charge in [0.1, 0.15) is 24.2 Å². The fourth-order valence-electron chi connectivity index (χ4n) is 3.98. The molecule has 1 saturated carbocycles. The van der Waals surface area contributed by atoms with E-state index >= 15 is 0 Å². The number of carbonyl (C=O) groups excluding carboxylic acids is 4. The largest absolute Gasteiger partial charge is 0.468 e. The molecule has 2 rings (SSSR count). The monoisotopic (exact) mass is 521 g/mol. The molecule has 1 aromatic carbocycles. The van der Waals surface area contributed by atoms with Crippen LogP contribution in [0.4, 0.5) is 4.79 Å². The van der Waals surface area contributed by atoms with Gasteiger partial charge in [0, 0.05) is 6.04 Å². The Bertz CT molecular complexity index is 937. The average Bonchev–Trinajstić information content (AvgIpc) is 3.62. The molecular formula is C26H39N3O6S. The Kier molecular flexibility index (Phi) is 10.6. The maximum atomic E-state index is 14.0. The summed E-state index contributed by atoms with van der Waals surface area (Å²) in [6.45, 7) is 8.74. The van der Waals surface area contributed by atoms with Crippen LogP contribution in [0.2, 0.25) is 0 Å². The highest BCUT2D eigenvalue weighted by atomic mass is 32.2. The summed E-state index contributed by atoms with van der Waals surface area (Å²) < 4.78 is 10.1. The van der Waals surface area contributed by atoms with Gasteiger partial charge in [-0.1, -0.05) is 18.2 Å². The number of hydrogen-bond acceptors (Lipinski definition) is 7. The lowest BCUT2D eigenvalue weighted by atomic mass is 9.93. The number of nitrogens with zero attached hydrogens (tertiary/aromatic N) is 1. The molecule has 0 radical (unpaired) electrons. The first-order chi connectivity index (χ1) is 16.9. The second kappa shape index (κ2) is 13.0. The molecule has 2 unspecified atom stereocenters. The van der Waals surface area contributed by atoms with Crippen molar-refractivity contribution in [1.29, 1.82) is 0 Å². The average molecular weight is 522 g/mol. The highest BCUT2D eigenvalue weighted by molar-refractivity contribution is 7.98.